The molecule has 0 unspecified atom stereocenters. The number of furan rings is 1. The monoisotopic (exact) mass is 290 g/mol. The van der Waals surface area contributed by atoms with Gasteiger partial charge in [-0.2, -0.15) is 0 Å². The van der Waals surface area contributed by atoms with Crippen molar-refractivity contribution in [2.24, 2.45) is 5.92 Å². The molecule has 0 bridgehead atoms. The summed E-state index contributed by atoms with van der Waals surface area (Å²) in [5.74, 6) is 1.31. The Morgan fingerprint density at radius 1 is 1.29 bits per heavy atom. The van der Waals surface area contributed by atoms with Crippen LogP contribution in [0.2, 0.25) is 0 Å². The fraction of sp³-hybridized carbons (Fsp3) is 0.412. The van der Waals surface area contributed by atoms with E-state index in [1.165, 1.54) is 12.1 Å². The van der Waals surface area contributed by atoms with Gasteiger partial charge in [0.15, 0.2) is 0 Å². The molecule has 2 rings (SSSR count). The van der Waals surface area contributed by atoms with Crippen LogP contribution in [0.3, 0.4) is 0 Å². The van der Waals surface area contributed by atoms with Gasteiger partial charge in [-0.3, -0.25) is 0 Å². The van der Waals surface area contributed by atoms with E-state index >= 15 is 0 Å². The van der Waals surface area contributed by atoms with Crippen molar-refractivity contribution in [3.63, 3.8) is 0 Å². The zero-order valence-corrected chi connectivity index (χ0v) is 12.9. The van der Waals surface area contributed by atoms with E-state index in [0.717, 1.165) is 30.1 Å². The first-order valence-electron chi connectivity index (χ1n) is 7.29. The van der Waals surface area contributed by atoms with E-state index in [9.17, 15) is 4.39 Å². The molecular formula is C17H23FN2O. The highest BCUT2D eigenvalue weighted by atomic mass is 19.1. The van der Waals surface area contributed by atoms with Crippen LogP contribution in [0, 0.1) is 11.7 Å². The van der Waals surface area contributed by atoms with Crippen molar-refractivity contribution < 1.29 is 8.81 Å². The molecule has 114 valence electrons. The molecule has 1 aromatic heterocycles. The number of hydrogen-bond donors (Lipinski definition) is 1. The molecule has 0 saturated carbocycles. The Labute approximate surface area is 125 Å². The minimum atomic E-state index is -0.224. The molecule has 0 spiro atoms. The van der Waals surface area contributed by atoms with Crippen molar-refractivity contribution in [3.8, 4) is 0 Å². The summed E-state index contributed by atoms with van der Waals surface area (Å²) >= 11 is 0. The van der Waals surface area contributed by atoms with Gasteiger partial charge in [-0.25, -0.2) is 4.39 Å². The molecule has 0 atom stereocenters. The van der Waals surface area contributed by atoms with Crippen molar-refractivity contribution in [1.82, 2.24) is 5.32 Å². The Morgan fingerprint density at radius 2 is 2.10 bits per heavy atom. The van der Waals surface area contributed by atoms with Gasteiger partial charge >= 0.3 is 0 Å². The highest BCUT2D eigenvalue weighted by Gasteiger charge is 2.10. The summed E-state index contributed by atoms with van der Waals surface area (Å²) in [7, 11) is 1.93. The standard InChI is InChI=1S/C17H23FN2O/c1-13(2)10-19-11-14-7-8-21-17(14)12-20(3)16-6-4-5-15(18)9-16/h4-9,13,19H,10-12H2,1-3H3. The predicted octanol–water partition coefficient (Wildman–Crippen LogP) is 3.80. The molecule has 0 aliphatic carbocycles. The molecule has 4 heteroatoms. The largest absolute Gasteiger partial charge is 0.467 e. The van der Waals surface area contributed by atoms with E-state index in [4.69, 9.17) is 4.42 Å². The summed E-state index contributed by atoms with van der Waals surface area (Å²) in [5.41, 5.74) is 1.99. The molecule has 0 aliphatic rings. The lowest BCUT2D eigenvalue weighted by atomic mass is 10.2. The first-order valence-corrected chi connectivity index (χ1v) is 7.29. The number of benzene rings is 1. The maximum Gasteiger partial charge on any atom is 0.127 e. The van der Waals surface area contributed by atoms with Crippen LogP contribution in [0.15, 0.2) is 41.0 Å². The number of anilines is 1. The van der Waals surface area contributed by atoms with E-state index in [-0.39, 0.29) is 5.82 Å². The number of rotatable bonds is 7. The van der Waals surface area contributed by atoms with E-state index in [0.29, 0.717) is 12.5 Å². The minimum Gasteiger partial charge on any atom is -0.467 e. The zero-order valence-electron chi connectivity index (χ0n) is 12.9. The van der Waals surface area contributed by atoms with Crippen LogP contribution in [0.25, 0.3) is 0 Å². The van der Waals surface area contributed by atoms with Gasteiger partial charge in [0.2, 0.25) is 0 Å². The molecule has 0 aliphatic heterocycles. The molecule has 0 radical (unpaired) electrons. The van der Waals surface area contributed by atoms with Crippen LogP contribution in [0.4, 0.5) is 10.1 Å². The maximum atomic E-state index is 13.3. The summed E-state index contributed by atoms with van der Waals surface area (Å²) in [6.07, 6.45) is 1.71. The lowest BCUT2D eigenvalue weighted by Gasteiger charge is -2.19. The normalized spacial score (nSPS) is 11.1. The smallest absolute Gasteiger partial charge is 0.127 e. The highest BCUT2D eigenvalue weighted by molar-refractivity contribution is 5.46. The van der Waals surface area contributed by atoms with Crippen LogP contribution in [0.1, 0.15) is 25.2 Å². The van der Waals surface area contributed by atoms with Gasteiger partial charge in [0.25, 0.3) is 0 Å². The van der Waals surface area contributed by atoms with Crippen LogP contribution in [-0.2, 0) is 13.1 Å². The Kier molecular flexibility index (Phi) is 5.39. The summed E-state index contributed by atoms with van der Waals surface area (Å²) in [6.45, 7) is 6.75. The summed E-state index contributed by atoms with van der Waals surface area (Å²) < 4.78 is 18.8. The fourth-order valence-electron chi connectivity index (χ4n) is 2.18. The van der Waals surface area contributed by atoms with Gasteiger partial charge in [-0.15, -0.1) is 0 Å². The van der Waals surface area contributed by atoms with Crippen molar-refractivity contribution in [2.45, 2.75) is 26.9 Å². The van der Waals surface area contributed by atoms with Crippen molar-refractivity contribution in [3.05, 3.63) is 53.7 Å². The van der Waals surface area contributed by atoms with Crippen LogP contribution >= 0.6 is 0 Å². The Bertz CT molecular complexity index is 565. The van der Waals surface area contributed by atoms with Crippen molar-refractivity contribution in [1.29, 1.82) is 0 Å². The number of hydrogen-bond acceptors (Lipinski definition) is 3. The van der Waals surface area contributed by atoms with Gasteiger partial charge in [0.05, 0.1) is 12.8 Å². The molecule has 3 nitrogen and oxygen atoms in total. The van der Waals surface area contributed by atoms with E-state index in [1.54, 1.807) is 12.3 Å². The average molecular weight is 290 g/mol. The Balaban J connectivity index is 1.98. The van der Waals surface area contributed by atoms with Crippen LogP contribution in [0.5, 0.6) is 0 Å². The topological polar surface area (TPSA) is 28.4 Å². The third kappa shape index (κ3) is 4.60. The predicted molar refractivity (Wildman–Crippen MR) is 83.8 cm³/mol. The fourth-order valence-corrected chi connectivity index (χ4v) is 2.18. The molecule has 0 amide bonds. The third-order valence-corrected chi connectivity index (χ3v) is 3.34. The maximum absolute atomic E-state index is 13.3. The molecule has 21 heavy (non-hydrogen) atoms. The second kappa shape index (κ2) is 7.27. The zero-order chi connectivity index (χ0) is 15.2. The van der Waals surface area contributed by atoms with Gasteiger partial charge in [0, 0.05) is 24.8 Å². The van der Waals surface area contributed by atoms with Crippen LogP contribution in [-0.4, -0.2) is 13.6 Å². The molecule has 0 fully saturated rings. The van der Waals surface area contributed by atoms with Gasteiger partial charge in [-0.05, 0) is 36.7 Å². The summed E-state index contributed by atoms with van der Waals surface area (Å²) in [6, 6.07) is 8.57. The van der Waals surface area contributed by atoms with E-state index < -0.39 is 0 Å². The molecule has 1 N–H and O–H groups in total. The highest BCUT2D eigenvalue weighted by Crippen LogP contribution is 2.19. The van der Waals surface area contributed by atoms with Gasteiger partial charge < -0.3 is 14.6 Å². The molecule has 1 aromatic carbocycles. The van der Waals surface area contributed by atoms with E-state index in [1.807, 2.05) is 24.1 Å². The van der Waals surface area contributed by atoms with Crippen molar-refractivity contribution >= 4 is 5.69 Å². The minimum absolute atomic E-state index is 0.224. The van der Waals surface area contributed by atoms with Gasteiger partial charge in [0.1, 0.15) is 11.6 Å². The molecular weight excluding hydrogens is 267 g/mol. The second-order valence-electron chi connectivity index (χ2n) is 5.73. The lowest BCUT2D eigenvalue weighted by molar-refractivity contribution is 0.494. The second-order valence-corrected chi connectivity index (χ2v) is 5.73. The summed E-state index contributed by atoms with van der Waals surface area (Å²) in [5, 5.41) is 3.41. The molecule has 1 heterocycles. The molecule has 0 saturated heterocycles. The quantitative estimate of drug-likeness (QED) is 0.840. The number of nitrogens with zero attached hydrogens (tertiary/aromatic N) is 1. The number of halogens is 1. The lowest BCUT2D eigenvalue weighted by Crippen LogP contribution is -2.21. The first kappa shape index (κ1) is 15.6. The van der Waals surface area contributed by atoms with Crippen molar-refractivity contribution in [2.75, 3.05) is 18.5 Å². The Hall–Kier alpha value is -1.81. The average Bonchev–Trinajstić information content (AvgIpc) is 2.86. The number of nitrogens with one attached hydrogen (secondary N) is 1. The van der Waals surface area contributed by atoms with Crippen LogP contribution < -0.4 is 10.2 Å². The molecule has 2 aromatic rings. The first-order chi connectivity index (χ1) is 10.1. The van der Waals surface area contributed by atoms with E-state index in [2.05, 4.69) is 19.2 Å². The van der Waals surface area contributed by atoms with Gasteiger partial charge in [-0.1, -0.05) is 19.9 Å². The Morgan fingerprint density at radius 3 is 2.81 bits per heavy atom. The summed E-state index contributed by atoms with van der Waals surface area (Å²) in [4.78, 5) is 1.98. The SMILES string of the molecule is CC(C)CNCc1ccoc1CN(C)c1cccc(F)c1. The third-order valence-electron chi connectivity index (χ3n) is 3.34.